The Bertz CT molecular complexity index is 780. The zero-order valence-corrected chi connectivity index (χ0v) is 11.2. The third-order valence-corrected chi connectivity index (χ3v) is 3.28. The number of halogens is 2. The van der Waals surface area contributed by atoms with Gasteiger partial charge in [-0.05, 0) is 38.1 Å². The van der Waals surface area contributed by atoms with Gasteiger partial charge in [0.2, 0.25) is 5.78 Å². The Hall–Kier alpha value is -1.94. The summed E-state index contributed by atoms with van der Waals surface area (Å²) in [4.78, 5) is 8.80. The number of aromatic nitrogens is 3. The average molecular weight is 276 g/mol. The molecule has 0 atom stereocenters. The number of benzene rings is 1. The molecule has 0 aliphatic heterocycles. The van der Waals surface area contributed by atoms with Gasteiger partial charge in [0, 0.05) is 23.1 Å². The second kappa shape index (κ2) is 4.31. The summed E-state index contributed by atoms with van der Waals surface area (Å²) in [5.74, 6) is 0.260. The van der Waals surface area contributed by atoms with E-state index in [1.54, 1.807) is 6.07 Å². The minimum atomic E-state index is -0.359. The smallest absolute Gasteiger partial charge is 0.234 e. The first kappa shape index (κ1) is 12.1. The number of aryl methyl sites for hydroxylation is 2. The molecule has 0 N–H and O–H groups in total. The highest BCUT2D eigenvalue weighted by molar-refractivity contribution is 6.33. The molecule has 0 bridgehead atoms. The van der Waals surface area contributed by atoms with Crippen molar-refractivity contribution in [2.24, 2.45) is 0 Å². The summed E-state index contributed by atoms with van der Waals surface area (Å²) in [5, 5.41) is 0.345. The van der Waals surface area contributed by atoms with Crippen LogP contribution in [0.15, 0.2) is 30.5 Å². The van der Waals surface area contributed by atoms with Gasteiger partial charge in [0.15, 0.2) is 0 Å². The predicted octanol–water partition coefficient (Wildman–Crippen LogP) is 3.81. The Kier molecular flexibility index (Phi) is 2.75. The van der Waals surface area contributed by atoms with Crippen LogP contribution in [0.3, 0.4) is 0 Å². The second-order valence-electron chi connectivity index (χ2n) is 4.46. The Morgan fingerprint density at radius 3 is 2.68 bits per heavy atom. The van der Waals surface area contributed by atoms with Crippen molar-refractivity contribution in [2.75, 3.05) is 0 Å². The molecule has 0 saturated carbocycles. The van der Waals surface area contributed by atoms with Crippen molar-refractivity contribution in [3.8, 4) is 11.3 Å². The molecule has 0 radical (unpaired) electrons. The molecule has 3 nitrogen and oxygen atoms in total. The van der Waals surface area contributed by atoms with Crippen LogP contribution in [0.5, 0.6) is 0 Å². The maximum Gasteiger partial charge on any atom is 0.234 e. The maximum absolute atomic E-state index is 13.1. The predicted molar refractivity (Wildman–Crippen MR) is 72.9 cm³/mol. The van der Waals surface area contributed by atoms with E-state index >= 15 is 0 Å². The quantitative estimate of drug-likeness (QED) is 0.676. The van der Waals surface area contributed by atoms with Crippen LogP contribution in [-0.2, 0) is 0 Å². The fraction of sp³-hybridized carbons (Fsp3) is 0.143. The molecule has 3 rings (SSSR count). The first-order valence-corrected chi connectivity index (χ1v) is 6.21. The number of hydrogen-bond donors (Lipinski definition) is 0. The molecule has 0 unspecified atom stereocenters. The molecule has 0 amide bonds. The van der Waals surface area contributed by atoms with E-state index in [-0.39, 0.29) is 5.82 Å². The van der Waals surface area contributed by atoms with Crippen molar-refractivity contribution in [1.29, 1.82) is 0 Å². The van der Waals surface area contributed by atoms with Crippen LogP contribution >= 0.6 is 11.6 Å². The average Bonchev–Trinajstić information content (AvgIpc) is 2.72. The second-order valence-corrected chi connectivity index (χ2v) is 4.87. The van der Waals surface area contributed by atoms with E-state index in [9.17, 15) is 4.39 Å². The monoisotopic (exact) mass is 275 g/mol. The number of fused-ring (bicyclic) bond motifs is 1. The molecule has 96 valence electrons. The van der Waals surface area contributed by atoms with E-state index in [1.807, 2.05) is 30.5 Å². The minimum absolute atomic E-state index is 0.345. The maximum atomic E-state index is 13.1. The van der Waals surface area contributed by atoms with E-state index in [2.05, 4.69) is 9.97 Å². The summed E-state index contributed by atoms with van der Waals surface area (Å²) >= 11 is 6.05. The Balaban J connectivity index is 2.23. The minimum Gasteiger partial charge on any atom is -0.288 e. The zero-order valence-electron chi connectivity index (χ0n) is 10.5. The molecule has 0 aliphatic carbocycles. The van der Waals surface area contributed by atoms with Gasteiger partial charge in [-0.2, -0.15) is 0 Å². The third kappa shape index (κ3) is 2.08. The first-order chi connectivity index (χ1) is 9.04. The fourth-order valence-electron chi connectivity index (χ4n) is 2.10. The van der Waals surface area contributed by atoms with Crippen molar-refractivity contribution in [3.05, 3.63) is 52.7 Å². The van der Waals surface area contributed by atoms with Gasteiger partial charge in [-0.15, -0.1) is 0 Å². The van der Waals surface area contributed by atoms with Gasteiger partial charge in [0.1, 0.15) is 5.82 Å². The Morgan fingerprint density at radius 2 is 1.95 bits per heavy atom. The van der Waals surface area contributed by atoms with Crippen LogP contribution in [0, 0.1) is 19.7 Å². The Labute approximate surface area is 114 Å². The molecule has 0 fully saturated rings. The summed E-state index contributed by atoms with van der Waals surface area (Å²) in [5.41, 5.74) is 3.34. The lowest BCUT2D eigenvalue weighted by Gasteiger charge is -1.99. The lowest BCUT2D eigenvalue weighted by Crippen LogP contribution is -1.94. The van der Waals surface area contributed by atoms with Gasteiger partial charge in [0.05, 0.1) is 10.7 Å². The van der Waals surface area contributed by atoms with Gasteiger partial charge >= 0.3 is 0 Å². The van der Waals surface area contributed by atoms with Gasteiger partial charge in [-0.3, -0.25) is 4.40 Å². The molecule has 2 heterocycles. The number of rotatable bonds is 1. The Morgan fingerprint density at radius 1 is 1.16 bits per heavy atom. The van der Waals surface area contributed by atoms with Crippen molar-refractivity contribution < 1.29 is 4.39 Å². The van der Waals surface area contributed by atoms with Crippen LogP contribution in [-0.4, -0.2) is 14.4 Å². The van der Waals surface area contributed by atoms with Crippen LogP contribution in [0.25, 0.3) is 17.0 Å². The zero-order chi connectivity index (χ0) is 13.6. The summed E-state index contributed by atoms with van der Waals surface area (Å²) in [6.07, 6.45) is 1.86. The topological polar surface area (TPSA) is 30.2 Å². The highest BCUT2D eigenvalue weighted by atomic mass is 35.5. The first-order valence-electron chi connectivity index (χ1n) is 5.83. The summed E-state index contributed by atoms with van der Waals surface area (Å²) in [7, 11) is 0. The van der Waals surface area contributed by atoms with Crippen LogP contribution in [0.1, 0.15) is 11.4 Å². The number of hydrogen-bond acceptors (Lipinski definition) is 2. The van der Waals surface area contributed by atoms with E-state index in [0.717, 1.165) is 11.4 Å². The van der Waals surface area contributed by atoms with E-state index in [0.29, 0.717) is 22.1 Å². The summed E-state index contributed by atoms with van der Waals surface area (Å²) in [6, 6.07) is 6.26. The van der Waals surface area contributed by atoms with Gasteiger partial charge in [-0.25, -0.2) is 14.4 Å². The van der Waals surface area contributed by atoms with Crippen LogP contribution in [0.2, 0.25) is 5.02 Å². The van der Waals surface area contributed by atoms with Crippen LogP contribution in [0.4, 0.5) is 4.39 Å². The lowest BCUT2D eigenvalue weighted by molar-refractivity contribution is 0.628. The summed E-state index contributed by atoms with van der Waals surface area (Å²) < 4.78 is 15.0. The van der Waals surface area contributed by atoms with Crippen molar-refractivity contribution >= 4 is 17.4 Å². The molecule has 3 aromatic rings. The molecule has 0 spiro atoms. The van der Waals surface area contributed by atoms with E-state index in [4.69, 9.17) is 11.6 Å². The van der Waals surface area contributed by atoms with Crippen molar-refractivity contribution in [1.82, 2.24) is 14.4 Å². The number of nitrogens with zero attached hydrogens (tertiary/aromatic N) is 3. The molecule has 5 heteroatoms. The highest BCUT2D eigenvalue weighted by Crippen LogP contribution is 2.28. The highest BCUT2D eigenvalue weighted by Gasteiger charge is 2.11. The van der Waals surface area contributed by atoms with Gasteiger partial charge in [-0.1, -0.05) is 11.6 Å². The molecular formula is C14H11ClFN3. The standard InChI is InChI=1S/C14H11ClFN3/c1-8-5-9(2)19-7-13(18-14(19)17-8)11-4-3-10(16)6-12(11)15/h3-7H,1-2H3. The molecule has 1 aromatic carbocycles. The molecule has 19 heavy (non-hydrogen) atoms. The lowest BCUT2D eigenvalue weighted by atomic mass is 10.2. The largest absolute Gasteiger partial charge is 0.288 e. The van der Waals surface area contributed by atoms with Gasteiger partial charge < -0.3 is 0 Å². The van der Waals surface area contributed by atoms with Crippen molar-refractivity contribution in [2.45, 2.75) is 13.8 Å². The summed E-state index contributed by atoms with van der Waals surface area (Å²) in [6.45, 7) is 3.91. The molecule has 2 aromatic heterocycles. The van der Waals surface area contributed by atoms with E-state index < -0.39 is 0 Å². The fourth-order valence-corrected chi connectivity index (χ4v) is 2.36. The van der Waals surface area contributed by atoms with E-state index in [1.165, 1.54) is 12.1 Å². The van der Waals surface area contributed by atoms with Crippen molar-refractivity contribution in [3.63, 3.8) is 0 Å². The molecule has 0 aliphatic rings. The van der Waals surface area contributed by atoms with Gasteiger partial charge in [0.25, 0.3) is 0 Å². The van der Waals surface area contributed by atoms with Crippen LogP contribution < -0.4 is 0 Å². The normalized spacial score (nSPS) is 11.2. The third-order valence-electron chi connectivity index (χ3n) is 2.97. The molecular weight excluding hydrogens is 265 g/mol. The molecule has 0 saturated heterocycles. The SMILES string of the molecule is Cc1cc(C)n2cc(-c3ccc(F)cc3Cl)nc2n1. The number of imidazole rings is 1.